The number of nitrogens with zero attached hydrogens (tertiary/aromatic N) is 1. The van der Waals surface area contributed by atoms with Crippen LogP contribution in [-0.2, 0) is 0 Å². The maximum atomic E-state index is 11.0. The van der Waals surface area contributed by atoms with Crippen molar-refractivity contribution in [2.75, 3.05) is 5.32 Å². The van der Waals surface area contributed by atoms with E-state index in [2.05, 4.69) is 26.1 Å². The number of nitro groups is 1. The lowest BCUT2D eigenvalue weighted by molar-refractivity contribution is -0.384. The van der Waals surface area contributed by atoms with E-state index < -0.39 is 0 Å². The molecule has 0 aromatic heterocycles. The lowest BCUT2D eigenvalue weighted by Crippen LogP contribution is -2.25. The van der Waals surface area contributed by atoms with E-state index in [9.17, 15) is 10.1 Å². The summed E-state index contributed by atoms with van der Waals surface area (Å²) in [5.41, 5.74) is 1.67. The average molecular weight is 236 g/mol. The van der Waals surface area contributed by atoms with Crippen molar-refractivity contribution in [1.82, 2.24) is 0 Å². The number of hydrogen-bond acceptors (Lipinski definition) is 3. The van der Waals surface area contributed by atoms with E-state index in [0.717, 1.165) is 12.0 Å². The Bertz CT molecular complexity index is 402. The Morgan fingerprint density at radius 2 is 2.06 bits per heavy atom. The molecular formula is C13H20N2O2. The normalized spacial score (nSPS) is 12.5. The van der Waals surface area contributed by atoms with Crippen LogP contribution in [0.2, 0.25) is 0 Å². The fraction of sp³-hybridized carbons (Fsp3) is 0.538. The zero-order chi connectivity index (χ0) is 13.0. The topological polar surface area (TPSA) is 55.2 Å². The van der Waals surface area contributed by atoms with Crippen LogP contribution in [0.1, 0.15) is 32.8 Å². The van der Waals surface area contributed by atoms with E-state index in [4.69, 9.17) is 0 Å². The Morgan fingerprint density at radius 3 is 2.53 bits per heavy atom. The summed E-state index contributed by atoms with van der Waals surface area (Å²) in [5.74, 6) is 0.445. The van der Waals surface area contributed by atoms with Gasteiger partial charge in [0.15, 0.2) is 0 Å². The summed E-state index contributed by atoms with van der Waals surface area (Å²) in [6.07, 6.45) is 0.947. The SMILES string of the molecule is CCC(Nc1ccc(C)cc1[N+](=O)[O-])C(C)C. The van der Waals surface area contributed by atoms with Gasteiger partial charge in [0.1, 0.15) is 5.69 Å². The second-order valence-corrected chi connectivity index (χ2v) is 4.68. The van der Waals surface area contributed by atoms with Crippen molar-refractivity contribution < 1.29 is 4.92 Å². The summed E-state index contributed by atoms with van der Waals surface area (Å²) in [6.45, 7) is 8.16. The highest BCUT2D eigenvalue weighted by molar-refractivity contribution is 5.63. The summed E-state index contributed by atoms with van der Waals surface area (Å²) in [4.78, 5) is 10.6. The van der Waals surface area contributed by atoms with Crippen LogP contribution in [0.25, 0.3) is 0 Å². The molecule has 4 nitrogen and oxygen atoms in total. The molecule has 1 aromatic rings. The van der Waals surface area contributed by atoms with Gasteiger partial charge in [-0.1, -0.05) is 26.8 Å². The molecule has 0 aliphatic rings. The molecule has 1 atom stereocenters. The molecule has 0 amide bonds. The molecule has 0 aliphatic heterocycles. The minimum absolute atomic E-state index is 0.157. The van der Waals surface area contributed by atoms with E-state index in [-0.39, 0.29) is 16.7 Å². The molecule has 0 saturated carbocycles. The summed E-state index contributed by atoms with van der Waals surface area (Å²) >= 11 is 0. The van der Waals surface area contributed by atoms with Crippen molar-refractivity contribution in [3.63, 3.8) is 0 Å². The number of aryl methyl sites for hydroxylation is 1. The predicted octanol–water partition coefficient (Wildman–Crippen LogP) is 3.75. The van der Waals surface area contributed by atoms with Crippen LogP contribution in [-0.4, -0.2) is 11.0 Å². The molecule has 0 aliphatic carbocycles. The summed E-state index contributed by atoms with van der Waals surface area (Å²) in [5, 5.41) is 14.2. The Hall–Kier alpha value is -1.58. The summed E-state index contributed by atoms with van der Waals surface area (Å²) in [7, 11) is 0. The first-order valence-corrected chi connectivity index (χ1v) is 5.97. The van der Waals surface area contributed by atoms with Crippen LogP contribution in [0.4, 0.5) is 11.4 Å². The van der Waals surface area contributed by atoms with E-state index in [0.29, 0.717) is 11.6 Å². The number of hydrogen-bond donors (Lipinski definition) is 1. The van der Waals surface area contributed by atoms with Crippen LogP contribution in [0.5, 0.6) is 0 Å². The number of benzene rings is 1. The van der Waals surface area contributed by atoms with Crippen LogP contribution in [0, 0.1) is 23.0 Å². The highest BCUT2D eigenvalue weighted by Gasteiger charge is 2.18. The highest BCUT2D eigenvalue weighted by atomic mass is 16.6. The third-order valence-corrected chi connectivity index (χ3v) is 2.94. The highest BCUT2D eigenvalue weighted by Crippen LogP contribution is 2.27. The second-order valence-electron chi connectivity index (χ2n) is 4.68. The molecule has 0 bridgehead atoms. The van der Waals surface area contributed by atoms with Crippen molar-refractivity contribution in [3.05, 3.63) is 33.9 Å². The van der Waals surface area contributed by atoms with Crippen LogP contribution in [0.3, 0.4) is 0 Å². The zero-order valence-corrected chi connectivity index (χ0v) is 10.9. The molecule has 1 N–H and O–H groups in total. The first kappa shape index (κ1) is 13.5. The number of nitrogens with one attached hydrogen (secondary N) is 1. The molecule has 4 heteroatoms. The van der Waals surface area contributed by atoms with Crippen molar-refractivity contribution in [3.8, 4) is 0 Å². The molecule has 0 saturated heterocycles. The molecule has 1 unspecified atom stereocenters. The molecule has 1 aromatic carbocycles. The average Bonchev–Trinajstić information content (AvgIpc) is 2.26. The maximum absolute atomic E-state index is 11.0. The molecule has 0 spiro atoms. The van der Waals surface area contributed by atoms with Crippen molar-refractivity contribution in [1.29, 1.82) is 0 Å². The van der Waals surface area contributed by atoms with Crippen LogP contribution in [0.15, 0.2) is 18.2 Å². The van der Waals surface area contributed by atoms with Gasteiger partial charge in [-0.15, -0.1) is 0 Å². The van der Waals surface area contributed by atoms with Gasteiger partial charge < -0.3 is 5.32 Å². The molecule has 1 rings (SSSR count). The van der Waals surface area contributed by atoms with Gasteiger partial charge in [0.25, 0.3) is 5.69 Å². The molecular weight excluding hydrogens is 216 g/mol. The Morgan fingerprint density at radius 1 is 1.41 bits per heavy atom. The fourth-order valence-electron chi connectivity index (χ4n) is 1.85. The fourth-order valence-corrected chi connectivity index (χ4v) is 1.85. The minimum Gasteiger partial charge on any atom is -0.377 e. The third-order valence-electron chi connectivity index (χ3n) is 2.94. The minimum atomic E-state index is -0.331. The van der Waals surface area contributed by atoms with Gasteiger partial charge in [-0.05, 0) is 30.9 Å². The molecule has 94 valence electrons. The lowest BCUT2D eigenvalue weighted by atomic mass is 10.0. The Labute approximate surface area is 102 Å². The van der Waals surface area contributed by atoms with E-state index in [1.807, 2.05) is 13.0 Å². The van der Waals surface area contributed by atoms with Gasteiger partial charge in [0.2, 0.25) is 0 Å². The van der Waals surface area contributed by atoms with Gasteiger partial charge in [-0.25, -0.2) is 0 Å². The van der Waals surface area contributed by atoms with Gasteiger partial charge in [0, 0.05) is 12.1 Å². The number of rotatable bonds is 5. The lowest BCUT2D eigenvalue weighted by Gasteiger charge is -2.21. The second kappa shape index (κ2) is 5.66. The molecule has 17 heavy (non-hydrogen) atoms. The van der Waals surface area contributed by atoms with E-state index in [1.54, 1.807) is 12.1 Å². The van der Waals surface area contributed by atoms with Gasteiger partial charge in [0.05, 0.1) is 4.92 Å². The van der Waals surface area contributed by atoms with Gasteiger partial charge >= 0.3 is 0 Å². The summed E-state index contributed by atoms with van der Waals surface area (Å²) in [6, 6.07) is 5.55. The first-order chi connectivity index (χ1) is 7.95. The molecule has 0 fully saturated rings. The van der Waals surface area contributed by atoms with Crippen molar-refractivity contribution >= 4 is 11.4 Å². The smallest absolute Gasteiger partial charge is 0.292 e. The summed E-state index contributed by atoms with van der Waals surface area (Å²) < 4.78 is 0. The number of anilines is 1. The van der Waals surface area contributed by atoms with E-state index >= 15 is 0 Å². The van der Waals surface area contributed by atoms with Crippen LogP contribution < -0.4 is 5.32 Å². The van der Waals surface area contributed by atoms with Crippen LogP contribution >= 0.6 is 0 Å². The molecule has 0 heterocycles. The quantitative estimate of drug-likeness (QED) is 0.625. The van der Waals surface area contributed by atoms with Gasteiger partial charge in [-0.2, -0.15) is 0 Å². The maximum Gasteiger partial charge on any atom is 0.292 e. The van der Waals surface area contributed by atoms with E-state index in [1.165, 1.54) is 0 Å². The largest absolute Gasteiger partial charge is 0.377 e. The monoisotopic (exact) mass is 236 g/mol. The Kier molecular flexibility index (Phi) is 4.49. The van der Waals surface area contributed by atoms with Crippen molar-refractivity contribution in [2.45, 2.75) is 40.2 Å². The van der Waals surface area contributed by atoms with Gasteiger partial charge in [-0.3, -0.25) is 10.1 Å². The standard InChI is InChI=1S/C13H20N2O2/c1-5-11(9(2)3)14-12-7-6-10(4)8-13(12)15(16)17/h6-9,11,14H,5H2,1-4H3. The molecule has 0 radical (unpaired) electrons. The number of nitro benzene ring substituents is 1. The predicted molar refractivity (Wildman–Crippen MR) is 70.4 cm³/mol. The first-order valence-electron chi connectivity index (χ1n) is 5.97. The third kappa shape index (κ3) is 3.44. The van der Waals surface area contributed by atoms with Crippen molar-refractivity contribution in [2.24, 2.45) is 5.92 Å². The Balaban J connectivity index is 3.01. The zero-order valence-electron chi connectivity index (χ0n) is 10.9.